The van der Waals surface area contributed by atoms with Crippen molar-refractivity contribution in [1.29, 1.82) is 0 Å². The summed E-state index contributed by atoms with van der Waals surface area (Å²) in [5.74, 6) is 2.20. The van der Waals surface area contributed by atoms with Crippen LogP contribution in [0.3, 0.4) is 0 Å². The van der Waals surface area contributed by atoms with Crippen molar-refractivity contribution < 1.29 is 9.59 Å². The van der Waals surface area contributed by atoms with Crippen molar-refractivity contribution in [3.05, 3.63) is 42.5 Å². The normalized spacial score (nSPS) is 29.5. The summed E-state index contributed by atoms with van der Waals surface area (Å²) in [7, 11) is 1.80. The zero-order valence-electron chi connectivity index (χ0n) is 18.3. The Balaban J connectivity index is 1.18. The van der Waals surface area contributed by atoms with Crippen LogP contribution in [0.4, 0.5) is 0 Å². The van der Waals surface area contributed by atoms with Gasteiger partial charge in [-0.25, -0.2) is 9.67 Å². The highest BCUT2D eigenvalue weighted by Crippen LogP contribution is 2.60. The van der Waals surface area contributed by atoms with E-state index in [0.717, 1.165) is 48.3 Å². The first kappa shape index (κ1) is 20.2. The van der Waals surface area contributed by atoms with E-state index in [1.54, 1.807) is 23.0 Å². The molecule has 0 radical (unpaired) electrons. The van der Waals surface area contributed by atoms with Crippen LogP contribution in [0.15, 0.2) is 36.9 Å². The van der Waals surface area contributed by atoms with E-state index in [9.17, 15) is 9.59 Å². The molecule has 31 heavy (non-hydrogen) atoms. The van der Waals surface area contributed by atoms with Crippen LogP contribution in [-0.2, 0) is 9.59 Å². The van der Waals surface area contributed by atoms with Crippen LogP contribution >= 0.6 is 0 Å². The van der Waals surface area contributed by atoms with Gasteiger partial charge in [-0.1, -0.05) is 12.1 Å². The largest absolute Gasteiger partial charge is 0.347 e. The van der Waals surface area contributed by atoms with Crippen molar-refractivity contribution >= 4 is 11.8 Å². The first-order valence-electron chi connectivity index (χ1n) is 11.4. The minimum Gasteiger partial charge on any atom is -0.347 e. The number of hydrogen-bond acceptors (Lipinski definition) is 4. The Morgan fingerprint density at radius 2 is 1.74 bits per heavy atom. The molecular formula is C24H31N5O2. The average molecular weight is 422 g/mol. The molecule has 2 aromatic rings. The molecule has 7 heteroatoms. The summed E-state index contributed by atoms with van der Waals surface area (Å²) in [6.07, 6.45) is 10.1. The summed E-state index contributed by atoms with van der Waals surface area (Å²) < 4.78 is 1.70. The minimum atomic E-state index is -0.212. The maximum Gasteiger partial charge on any atom is 0.242 e. The molecule has 1 heterocycles. The van der Waals surface area contributed by atoms with Crippen molar-refractivity contribution in [3.8, 4) is 5.69 Å². The molecule has 0 aliphatic heterocycles. The number of rotatable bonds is 6. The second-order valence-electron chi connectivity index (χ2n) is 9.99. The zero-order chi connectivity index (χ0) is 21.6. The van der Waals surface area contributed by atoms with Crippen molar-refractivity contribution in [2.24, 2.45) is 23.2 Å². The van der Waals surface area contributed by atoms with Gasteiger partial charge in [0.2, 0.25) is 11.8 Å². The zero-order valence-corrected chi connectivity index (χ0v) is 18.3. The quantitative estimate of drug-likeness (QED) is 0.777. The van der Waals surface area contributed by atoms with Gasteiger partial charge in [0.25, 0.3) is 0 Å². The van der Waals surface area contributed by atoms with Gasteiger partial charge in [-0.2, -0.15) is 5.10 Å². The lowest BCUT2D eigenvalue weighted by molar-refractivity contribution is -0.148. The summed E-state index contributed by atoms with van der Waals surface area (Å²) in [5.41, 5.74) is 1.74. The molecule has 7 nitrogen and oxygen atoms in total. The fourth-order valence-electron chi connectivity index (χ4n) is 6.54. The number of carbonyl (C=O) groups excluding carboxylic acids is 2. The van der Waals surface area contributed by atoms with Gasteiger partial charge in [-0.15, -0.1) is 0 Å². The van der Waals surface area contributed by atoms with Crippen molar-refractivity contribution in [2.75, 3.05) is 13.6 Å². The predicted molar refractivity (Wildman–Crippen MR) is 116 cm³/mol. The first-order chi connectivity index (χ1) is 14.9. The van der Waals surface area contributed by atoms with Crippen LogP contribution < -0.4 is 5.32 Å². The van der Waals surface area contributed by atoms with Crippen LogP contribution in [-0.4, -0.2) is 45.1 Å². The Bertz CT molecular complexity index is 918. The molecule has 1 aromatic heterocycles. The monoisotopic (exact) mass is 421 g/mol. The van der Waals surface area contributed by atoms with E-state index in [1.807, 2.05) is 31.2 Å². The molecule has 1 unspecified atom stereocenters. The molecule has 4 aliphatic rings. The molecule has 0 saturated heterocycles. The smallest absolute Gasteiger partial charge is 0.242 e. The van der Waals surface area contributed by atoms with Gasteiger partial charge < -0.3 is 10.2 Å². The molecular weight excluding hydrogens is 390 g/mol. The van der Waals surface area contributed by atoms with Crippen LogP contribution in [0.2, 0.25) is 0 Å². The third-order valence-corrected chi connectivity index (χ3v) is 7.95. The van der Waals surface area contributed by atoms with Gasteiger partial charge in [-0.05, 0) is 80.9 Å². The second kappa shape index (κ2) is 7.77. The number of benzene rings is 1. The molecule has 4 saturated carbocycles. The highest BCUT2D eigenvalue weighted by molar-refractivity contribution is 5.88. The molecule has 6 rings (SSSR count). The average Bonchev–Trinajstić information content (AvgIpc) is 3.30. The number of hydrogen-bond donors (Lipinski definition) is 1. The number of aromatic nitrogens is 3. The molecule has 1 N–H and O–H groups in total. The number of nitrogens with zero attached hydrogens (tertiary/aromatic N) is 4. The molecule has 4 bridgehead atoms. The lowest BCUT2D eigenvalue weighted by Crippen LogP contribution is -2.54. The Labute approximate surface area is 183 Å². The van der Waals surface area contributed by atoms with E-state index >= 15 is 0 Å². The molecule has 1 atom stereocenters. The summed E-state index contributed by atoms with van der Waals surface area (Å²) >= 11 is 0. The number of nitrogens with one attached hydrogen (secondary N) is 1. The van der Waals surface area contributed by atoms with E-state index in [-0.39, 0.29) is 29.8 Å². The van der Waals surface area contributed by atoms with Gasteiger partial charge >= 0.3 is 0 Å². The van der Waals surface area contributed by atoms with Crippen LogP contribution in [0, 0.1) is 23.2 Å². The highest BCUT2D eigenvalue weighted by atomic mass is 16.2. The van der Waals surface area contributed by atoms with E-state index in [4.69, 9.17) is 0 Å². The predicted octanol–water partition coefficient (Wildman–Crippen LogP) is 3.12. The summed E-state index contributed by atoms with van der Waals surface area (Å²) in [5, 5.41) is 7.14. The fourth-order valence-corrected chi connectivity index (χ4v) is 6.54. The molecule has 164 valence electrons. The van der Waals surface area contributed by atoms with E-state index in [2.05, 4.69) is 15.4 Å². The molecule has 0 spiro atoms. The molecule has 4 fully saturated rings. The standard InChI is InChI=1S/C24H31N5O2/c1-16(20-3-5-21(6-4-20)29-15-25-14-27-29)28(2)22(30)13-26-23(31)24-10-17-7-18(11-24)9-19(8-17)12-24/h3-6,14-19H,7-13H2,1-2H3,(H,26,31). The lowest BCUT2D eigenvalue weighted by atomic mass is 9.49. The Hall–Kier alpha value is -2.70. The summed E-state index contributed by atoms with van der Waals surface area (Å²) in [6.45, 7) is 2.07. The Morgan fingerprint density at radius 1 is 1.13 bits per heavy atom. The SMILES string of the molecule is CC(c1ccc(-n2cncn2)cc1)N(C)C(=O)CNC(=O)C12CC3CC(CC(C3)C1)C2. The van der Waals surface area contributed by atoms with Crippen molar-refractivity contribution in [2.45, 2.75) is 51.5 Å². The topological polar surface area (TPSA) is 80.1 Å². The molecule has 4 aliphatic carbocycles. The Kier molecular flexibility index (Phi) is 5.07. The van der Waals surface area contributed by atoms with Crippen LogP contribution in [0.1, 0.15) is 57.1 Å². The first-order valence-corrected chi connectivity index (χ1v) is 11.4. The molecule has 1 aromatic carbocycles. The summed E-state index contributed by atoms with van der Waals surface area (Å²) in [6, 6.07) is 7.84. The van der Waals surface area contributed by atoms with Crippen molar-refractivity contribution in [3.63, 3.8) is 0 Å². The third-order valence-electron chi connectivity index (χ3n) is 7.95. The van der Waals surface area contributed by atoms with Gasteiger partial charge in [0.1, 0.15) is 12.7 Å². The van der Waals surface area contributed by atoms with Crippen LogP contribution in [0.25, 0.3) is 5.69 Å². The van der Waals surface area contributed by atoms with Crippen molar-refractivity contribution in [1.82, 2.24) is 25.0 Å². The van der Waals surface area contributed by atoms with Gasteiger partial charge in [0.15, 0.2) is 0 Å². The number of likely N-dealkylation sites (N-methyl/N-ethyl adjacent to an activating group) is 1. The number of carbonyl (C=O) groups is 2. The summed E-state index contributed by atoms with van der Waals surface area (Å²) in [4.78, 5) is 31.6. The Morgan fingerprint density at radius 3 is 2.29 bits per heavy atom. The third kappa shape index (κ3) is 3.75. The fraction of sp³-hybridized carbons (Fsp3) is 0.583. The van der Waals surface area contributed by atoms with E-state index < -0.39 is 0 Å². The van der Waals surface area contributed by atoms with Gasteiger partial charge in [0, 0.05) is 12.5 Å². The van der Waals surface area contributed by atoms with Gasteiger partial charge in [-0.3, -0.25) is 9.59 Å². The van der Waals surface area contributed by atoms with Gasteiger partial charge in [0.05, 0.1) is 18.3 Å². The highest BCUT2D eigenvalue weighted by Gasteiger charge is 2.54. The lowest BCUT2D eigenvalue weighted by Gasteiger charge is -2.55. The maximum absolute atomic E-state index is 13.1. The van der Waals surface area contributed by atoms with E-state index in [1.165, 1.54) is 25.6 Å². The van der Waals surface area contributed by atoms with Crippen LogP contribution in [0.5, 0.6) is 0 Å². The number of amides is 2. The minimum absolute atomic E-state index is 0.0640. The van der Waals surface area contributed by atoms with E-state index in [0.29, 0.717) is 0 Å². The second-order valence-corrected chi connectivity index (χ2v) is 9.99. The molecule has 2 amide bonds. The maximum atomic E-state index is 13.1.